The average Bonchev–Trinajstić information content (AvgIpc) is 2.81. The Balaban J connectivity index is 1.40. The molecule has 2 aliphatic rings. The second kappa shape index (κ2) is 11.2. The van der Waals surface area contributed by atoms with E-state index in [2.05, 4.69) is 25.4 Å². The van der Waals surface area contributed by atoms with E-state index in [-0.39, 0.29) is 0 Å². The molecular weight excluding hydrogens is 412 g/mol. The number of hydrogen-bond donors (Lipinski definition) is 2. The van der Waals surface area contributed by atoms with E-state index in [4.69, 9.17) is 26.7 Å². The van der Waals surface area contributed by atoms with Gasteiger partial charge in [0.2, 0.25) is 11.8 Å². The third-order valence-electron chi connectivity index (χ3n) is 5.38. The summed E-state index contributed by atoms with van der Waals surface area (Å²) < 4.78 is 11.4. The number of ether oxygens (including phenoxy) is 2. The summed E-state index contributed by atoms with van der Waals surface area (Å²) in [5.74, 6) is 2.54. The lowest BCUT2D eigenvalue weighted by Crippen LogP contribution is -2.42. The van der Waals surface area contributed by atoms with Gasteiger partial charge in [-0.25, -0.2) is 0 Å². The molecule has 3 heterocycles. The third-order valence-corrected chi connectivity index (χ3v) is 5.62. The highest BCUT2D eigenvalue weighted by molar-refractivity contribution is 7.80. The second-order valence-corrected chi connectivity index (χ2v) is 8.09. The van der Waals surface area contributed by atoms with Crippen LogP contribution in [0.15, 0.2) is 36.4 Å². The molecule has 0 bridgehead atoms. The molecule has 2 aliphatic heterocycles. The van der Waals surface area contributed by atoms with E-state index in [0.717, 1.165) is 64.0 Å². The van der Waals surface area contributed by atoms with Crippen LogP contribution in [0, 0.1) is 0 Å². The minimum Gasteiger partial charge on any atom is -0.439 e. The largest absolute Gasteiger partial charge is 0.439 e. The topological polar surface area (TPSA) is 74.8 Å². The van der Waals surface area contributed by atoms with Gasteiger partial charge in [0.1, 0.15) is 11.6 Å². The Kier molecular flexibility index (Phi) is 7.87. The molecule has 0 spiro atoms. The third kappa shape index (κ3) is 6.75. The molecule has 0 amide bonds. The molecule has 0 unspecified atom stereocenters. The molecule has 0 saturated carbocycles. The van der Waals surface area contributed by atoms with Crippen molar-refractivity contribution in [2.24, 2.45) is 0 Å². The highest BCUT2D eigenvalue weighted by Gasteiger charge is 2.16. The Bertz CT molecular complexity index is 841. The van der Waals surface area contributed by atoms with Crippen LogP contribution < -0.4 is 20.3 Å². The monoisotopic (exact) mass is 442 g/mol. The van der Waals surface area contributed by atoms with Crippen LogP contribution in [0.25, 0.3) is 0 Å². The van der Waals surface area contributed by atoms with Gasteiger partial charge in [-0.1, -0.05) is 18.2 Å². The van der Waals surface area contributed by atoms with Crippen LogP contribution in [-0.4, -0.2) is 72.5 Å². The Labute approximate surface area is 189 Å². The fraction of sp³-hybridized carbons (Fsp3) is 0.500. The molecule has 2 N–H and O–H groups in total. The van der Waals surface area contributed by atoms with E-state index in [9.17, 15) is 0 Å². The summed E-state index contributed by atoms with van der Waals surface area (Å²) in [6, 6.07) is 11.6. The zero-order valence-corrected chi connectivity index (χ0v) is 18.6. The smallest absolute Gasteiger partial charge is 0.234 e. The number of thiocarbonyl (C=S) groups is 1. The van der Waals surface area contributed by atoms with Crippen molar-refractivity contribution in [2.75, 3.05) is 62.7 Å². The summed E-state index contributed by atoms with van der Waals surface area (Å²) in [4.78, 5) is 13.9. The first-order valence-corrected chi connectivity index (χ1v) is 11.4. The predicted octanol–water partition coefficient (Wildman–Crippen LogP) is 2.88. The zero-order valence-electron chi connectivity index (χ0n) is 17.8. The first-order chi connectivity index (χ1) is 15.3. The quantitative estimate of drug-likeness (QED) is 0.630. The molecule has 9 heteroatoms. The molecule has 4 rings (SSSR count). The van der Waals surface area contributed by atoms with Crippen molar-refractivity contribution in [3.8, 4) is 11.6 Å². The number of para-hydroxylation sites is 1. The number of morpholine rings is 1. The average molecular weight is 443 g/mol. The van der Waals surface area contributed by atoms with Crippen LogP contribution in [0.5, 0.6) is 11.6 Å². The van der Waals surface area contributed by atoms with Crippen molar-refractivity contribution in [1.29, 1.82) is 0 Å². The highest BCUT2D eigenvalue weighted by atomic mass is 32.1. The first kappa shape index (κ1) is 21.7. The summed E-state index contributed by atoms with van der Waals surface area (Å²) in [5, 5.41) is 6.89. The minimum atomic E-state index is 0.442. The van der Waals surface area contributed by atoms with E-state index >= 15 is 0 Å². The summed E-state index contributed by atoms with van der Waals surface area (Å²) >= 11 is 5.48. The van der Waals surface area contributed by atoms with E-state index in [1.165, 1.54) is 19.3 Å². The van der Waals surface area contributed by atoms with Gasteiger partial charge in [-0.2, -0.15) is 9.97 Å². The van der Waals surface area contributed by atoms with Gasteiger partial charge in [0.15, 0.2) is 5.11 Å². The summed E-state index contributed by atoms with van der Waals surface area (Å²) in [6.07, 6.45) is 3.60. The Morgan fingerprint density at radius 2 is 1.81 bits per heavy atom. The van der Waals surface area contributed by atoms with Crippen LogP contribution in [-0.2, 0) is 4.74 Å². The molecule has 2 fully saturated rings. The van der Waals surface area contributed by atoms with Gasteiger partial charge in [-0.05, 0) is 43.6 Å². The van der Waals surface area contributed by atoms with Crippen molar-refractivity contribution in [3.63, 3.8) is 0 Å². The fourth-order valence-electron chi connectivity index (χ4n) is 3.71. The van der Waals surface area contributed by atoms with Crippen LogP contribution in [0.3, 0.4) is 0 Å². The number of nitrogens with one attached hydrogen (secondary N) is 2. The SMILES string of the molecule is S=C(NCCN1CCOCC1)Nc1nc(Oc2ccccc2)cc(N2CCCCC2)n1. The van der Waals surface area contributed by atoms with Gasteiger partial charge < -0.3 is 25.0 Å². The standard InChI is InChI=1S/C22H30N6O2S/c31-22(23-9-12-27-13-15-29-16-14-27)26-21-24-19(28-10-5-2-6-11-28)17-20(25-21)30-18-7-3-1-4-8-18/h1,3-4,7-8,17H,2,5-6,9-16H2,(H2,23,24,25,26,31). The lowest BCUT2D eigenvalue weighted by atomic mass is 10.1. The predicted molar refractivity (Wildman–Crippen MR) is 126 cm³/mol. The summed E-state index contributed by atoms with van der Waals surface area (Å²) in [7, 11) is 0. The molecule has 0 radical (unpaired) electrons. The maximum absolute atomic E-state index is 5.99. The maximum Gasteiger partial charge on any atom is 0.234 e. The molecule has 0 aliphatic carbocycles. The number of benzene rings is 1. The lowest BCUT2D eigenvalue weighted by molar-refractivity contribution is 0.0389. The van der Waals surface area contributed by atoms with Crippen molar-refractivity contribution in [2.45, 2.75) is 19.3 Å². The molecular formula is C22H30N6O2S. The molecule has 8 nitrogen and oxygen atoms in total. The number of nitrogens with zero attached hydrogens (tertiary/aromatic N) is 4. The van der Waals surface area contributed by atoms with Gasteiger partial charge >= 0.3 is 0 Å². The van der Waals surface area contributed by atoms with Crippen LogP contribution in [0.2, 0.25) is 0 Å². The second-order valence-electron chi connectivity index (χ2n) is 7.69. The molecule has 0 atom stereocenters. The highest BCUT2D eigenvalue weighted by Crippen LogP contribution is 2.26. The van der Waals surface area contributed by atoms with Gasteiger partial charge in [-0.3, -0.25) is 4.90 Å². The van der Waals surface area contributed by atoms with Crippen LogP contribution in [0.1, 0.15) is 19.3 Å². The van der Waals surface area contributed by atoms with E-state index in [1.54, 1.807) is 0 Å². The summed E-state index contributed by atoms with van der Waals surface area (Å²) in [5.41, 5.74) is 0. The molecule has 166 valence electrons. The number of hydrogen-bond acceptors (Lipinski definition) is 7. The summed E-state index contributed by atoms with van der Waals surface area (Å²) in [6.45, 7) is 7.17. The Hall–Kier alpha value is -2.49. The van der Waals surface area contributed by atoms with Gasteiger partial charge in [0, 0.05) is 45.3 Å². The zero-order chi connectivity index (χ0) is 21.3. The lowest BCUT2D eigenvalue weighted by Gasteiger charge is -2.28. The van der Waals surface area contributed by atoms with Crippen molar-refractivity contribution < 1.29 is 9.47 Å². The van der Waals surface area contributed by atoms with Gasteiger partial charge in [0.25, 0.3) is 0 Å². The number of rotatable bonds is 7. The van der Waals surface area contributed by atoms with Crippen LogP contribution >= 0.6 is 12.2 Å². The van der Waals surface area contributed by atoms with E-state index < -0.39 is 0 Å². The Morgan fingerprint density at radius 3 is 2.58 bits per heavy atom. The molecule has 2 saturated heterocycles. The normalized spacial score (nSPS) is 17.2. The van der Waals surface area contributed by atoms with Crippen molar-refractivity contribution in [3.05, 3.63) is 36.4 Å². The molecule has 2 aromatic rings. The van der Waals surface area contributed by atoms with Crippen molar-refractivity contribution >= 4 is 29.1 Å². The molecule has 1 aromatic carbocycles. The molecule has 1 aromatic heterocycles. The van der Waals surface area contributed by atoms with E-state index in [0.29, 0.717) is 16.9 Å². The fourth-order valence-corrected chi connectivity index (χ4v) is 3.91. The Morgan fingerprint density at radius 1 is 1.03 bits per heavy atom. The number of piperidine rings is 1. The van der Waals surface area contributed by atoms with Gasteiger partial charge in [-0.15, -0.1) is 0 Å². The minimum absolute atomic E-state index is 0.442. The molecule has 31 heavy (non-hydrogen) atoms. The van der Waals surface area contributed by atoms with Crippen LogP contribution in [0.4, 0.5) is 11.8 Å². The van der Waals surface area contributed by atoms with E-state index in [1.807, 2.05) is 36.4 Å². The first-order valence-electron chi connectivity index (χ1n) is 11.0. The number of aromatic nitrogens is 2. The van der Waals surface area contributed by atoms with Gasteiger partial charge in [0.05, 0.1) is 13.2 Å². The van der Waals surface area contributed by atoms with Crippen molar-refractivity contribution in [1.82, 2.24) is 20.2 Å². The number of anilines is 2. The maximum atomic E-state index is 5.99.